The van der Waals surface area contributed by atoms with Gasteiger partial charge in [-0.3, -0.25) is 4.79 Å². The number of hydrogen-bond acceptors (Lipinski definition) is 4. The molecule has 0 saturated heterocycles. The number of nitrogens with one attached hydrogen (secondary N) is 1. The van der Waals surface area contributed by atoms with Gasteiger partial charge in [-0.2, -0.15) is 0 Å². The number of hydrogen-bond donors (Lipinski definition) is 2. The minimum atomic E-state index is -1.16. The average Bonchev–Trinajstić information content (AvgIpc) is 2.78. The first-order valence-corrected chi connectivity index (χ1v) is 6.94. The van der Waals surface area contributed by atoms with Crippen LogP contribution in [0.2, 0.25) is 0 Å². The first kappa shape index (κ1) is 14.7. The van der Waals surface area contributed by atoms with E-state index in [2.05, 4.69) is 42.3 Å². The first-order chi connectivity index (χ1) is 9.38. The molecule has 0 aliphatic carbocycles. The molecule has 6 nitrogen and oxygen atoms in total. The summed E-state index contributed by atoms with van der Waals surface area (Å²) in [6.45, 7) is 1.68. The highest BCUT2D eigenvalue weighted by molar-refractivity contribution is 9.11. The standard InChI is InChI=1S/C12H8Br2N2O4/c1-5-2-9(20-16-5)11(17)15-10-7(12(18)19)3-6(13)4-8(10)14/h2-4H,1H3,(H,15,17)(H,18,19). The van der Waals surface area contributed by atoms with E-state index in [1.54, 1.807) is 13.0 Å². The predicted molar refractivity (Wildman–Crippen MR) is 78.0 cm³/mol. The van der Waals surface area contributed by atoms with E-state index >= 15 is 0 Å². The topological polar surface area (TPSA) is 92.4 Å². The molecule has 1 heterocycles. The van der Waals surface area contributed by atoms with Crippen molar-refractivity contribution in [3.63, 3.8) is 0 Å². The molecular formula is C12H8Br2N2O4. The largest absolute Gasteiger partial charge is 0.478 e. The van der Waals surface area contributed by atoms with Crippen LogP contribution in [-0.4, -0.2) is 22.1 Å². The number of halogens is 2. The Bertz CT molecular complexity index is 697. The molecule has 1 aromatic heterocycles. The molecule has 0 spiro atoms. The summed E-state index contributed by atoms with van der Waals surface area (Å²) in [7, 11) is 0. The molecule has 0 aliphatic rings. The van der Waals surface area contributed by atoms with Crippen molar-refractivity contribution in [3.8, 4) is 0 Å². The van der Waals surface area contributed by atoms with Gasteiger partial charge in [-0.05, 0) is 35.0 Å². The Morgan fingerprint density at radius 3 is 2.55 bits per heavy atom. The number of aromatic nitrogens is 1. The molecular weight excluding hydrogens is 396 g/mol. The molecule has 0 aliphatic heterocycles. The summed E-state index contributed by atoms with van der Waals surface area (Å²) < 4.78 is 5.85. The highest BCUT2D eigenvalue weighted by Crippen LogP contribution is 2.31. The Morgan fingerprint density at radius 2 is 2.00 bits per heavy atom. The van der Waals surface area contributed by atoms with E-state index in [4.69, 9.17) is 4.52 Å². The van der Waals surface area contributed by atoms with Crippen LogP contribution in [0.3, 0.4) is 0 Å². The fourth-order valence-corrected chi connectivity index (χ4v) is 2.84. The molecule has 2 aromatic rings. The van der Waals surface area contributed by atoms with Gasteiger partial charge in [-0.15, -0.1) is 0 Å². The fraction of sp³-hybridized carbons (Fsp3) is 0.0833. The quantitative estimate of drug-likeness (QED) is 0.818. The van der Waals surface area contributed by atoms with Crippen molar-refractivity contribution >= 4 is 49.4 Å². The number of carboxylic acid groups (broad SMARTS) is 1. The van der Waals surface area contributed by atoms with Gasteiger partial charge < -0.3 is 14.9 Å². The highest BCUT2D eigenvalue weighted by atomic mass is 79.9. The molecule has 20 heavy (non-hydrogen) atoms. The predicted octanol–water partition coefficient (Wildman–Crippen LogP) is 3.46. The zero-order valence-electron chi connectivity index (χ0n) is 10.1. The van der Waals surface area contributed by atoms with Crippen molar-refractivity contribution < 1.29 is 19.2 Å². The van der Waals surface area contributed by atoms with Crippen LogP contribution in [-0.2, 0) is 0 Å². The van der Waals surface area contributed by atoms with Gasteiger partial charge in [0, 0.05) is 15.0 Å². The lowest BCUT2D eigenvalue weighted by molar-refractivity contribution is 0.0698. The number of carbonyl (C=O) groups excluding carboxylic acids is 1. The molecule has 2 rings (SSSR count). The van der Waals surface area contributed by atoms with Crippen LogP contribution in [0.1, 0.15) is 26.6 Å². The summed E-state index contributed by atoms with van der Waals surface area (Å²) in [5.41, 5.74) is 0.666. The van der Waals surface area contributed by atoms with Gasteiger partial charge in [0.05, 0.1) is 16.9 Å². The summed E-state index contributed by atoms with van der Waals surface area (Å²) in [4.78, 5) is 23.2. The smallest absolute Gasteiger partial charge is 0.337 e. The zero-order chi connectivity index (χ0) is 14.9. The first-order valence-electron chi connectivity index (χ1n) is 5.35. The van der Waals surface area contributed by atoms with Gasteiger partial charge >= 0.3 is 5.97 Å². The van der Waals surface area contributed by atoms with Gasteiger partial charge in [0.15, 0.2) is 0 Å². The van der Waals surface area contributed by atoms with Gasteiger partial charge in [0.2, 0.25) is 5.76 Å². The third-order valence-electron chi connectivity index (χ3n) is 2.38. The monoisotopic (exact) mass is 402 g/mol. The van der Waals surface area contributed by atoms with Crippen molar-refractivity contribution in [2.75, 3.05) is 5.32 Å². The van der Waals surface area contributed by atoms with Crippen LogP contribution in [0.5, 0.6) is 0 Å². The lowest BCUT2D eigenvalue weighted by Gasteiger charge is -2.10. The van der Waals surface area contributed by atoms with Crippen molar-refractivity contribution in [1.29, 1.82) is 0 Å². The van der Waals surface area contributed by atoms with Gasteiger partial charge in [-0.1, -0.05) is 21.1 Å². The lowest BCUT2D eigenvalue weighted by Crippen LogP contribution is -2.15. The van der Waals surface area contributed by atoms with Gasteiger partial charge in [0.1, 0.15) is 0 Å². The maximum Gasteiger partial charge on any atom is 0.337 e. The van der Waals surface area contributed by atoms with Crippen molar-refractivity contribution in [2.45, 2.75) is 6.92 Å². The van der Waals surface area contributed by atoms with Crippen LogP contribution in [0.4, 0.5) is 5.69 Å². The number of nitrogens with zero attached hydrogens (tertiary/aromatic N) is 1. The molecule has 2 N–H and O–H groups in total. The Morgan fingerprint density at radius 1 is 1.30 bits per heavy atom. The number of benzene rings is 1. The maximum atomic E-state index is 12.0. The lowest BCUT2D eigenvalue weighted by atomic mass is 10.1. The van der Waals surface area contributed by atoms with E-state index in [0.717, 1.165) is 0 Å². The molecule has 0 radical (unpaired) electrons. The molecule has 104 valence electrons. The van der Waals surface area contributed by atoms with Crippen molar-refractivity contribution in [2.24, 2.45) is 0 Å². The van der Waals surface area contributed by atoms with Gasteiger partial charge in [-0.25, -0.2) is 4.79 Å². The van der Waals surface area contributed by atoms with E-state index in [1.807, 2.05) is 0 Å². The molecule has 8 heteroatoms. The van der Waals surface area contributed by atoms with Crippen molar-refractivity contribution in [1.82, 2.24) is 5.16 Å². The number of carboxylic acids is 1. The summed E-state index contributed by atoms with van der Waals surface area (Å²) >= 11 is 6.41. The molecule has 0 fully saturated rings. The third kappa shape index (κ3) is 3.07. The summed E-state index contributed by atoms with van der Waals surface area (Å²) in [5.74, 6) is -1.72. The minimum absolute atomic E-state index is 0.00802. The van der Waals surface area contributed by atoms with Crippen LogP contribution in [0.15, 0.2) is 31.7 Å². The summed E-state index contributed by atoms with van der Waals surface area (Å²) in [6, 6.07) is 4.49. The average molecular weight is 404 g/mol. The third-order valence-corrected chi connectivity index (χ3v) is 3.46. The number of rotatable bonds is 3. The van der Waals surface area contributed by atoms with Crippen molar-refractivity contribution in [3.05, 3.63) is 44.2 Å². The normalized spacial score (nSPS) is 10.3. The second kappa shape index (κ2) is 5.76. The molecule has 0 unspecified atom stereocenters. The SMILES string of the molecule is Cc1cc(C(=O)Nc2c(Br)cc(Br)cc2C(=O)O)on1. The molecule has 0 saturated carbocycles. The van der Waals surface area contributed by atoms with E-state index in [1.165, 1.54) is 12.1 Å². The fourth-order valence-electron chi connectivity index (χ4n) is 1.52. The van der Waals surface area contributed by atoms with Gasteiger partial charge in [0.25, 0.3) is 5.91 Å². The molecule has 0 bridgehead atoms. The van der Waals surface area contributed by atoms with E-state index in [9.17, 15) is 14.7 Å². The number of amides is 1. The maximum absolute atomic E-state index is 12.0. The second-order valence-corrected chi connectivity index (χ2v) is 5.67. The number of carbonyl (C=O) groups is 2. The summed E-state index contributed by atoms with van der Waals surface area (Å²) in [5, 5.41) is 15.3. The second-order valence-electron chi connectivity index (χ2n) is 3.90. The minimum Gasteiger partial charge on any atom is -0.478 e. The Hall–Kier alpha value is -1.67. The Balaban J connectivity index is 2.38. The van der Waals surface area contributed by atoms with E-state index in [-0.39, 0.29) is 17.0 Å². The number of aromatic carboxylic acids is 1. The summed E-state index contributed by atoms with van der Waals surface area (Å²) in [6.07, 6.45) is 0. The molecule has 1 aromatic carbocycles. The number of aryl methyl sites for hydroxylation is 1. The van der Waals surface area contributed by atoms with E-state index < -0.39 is 11.9 Å². The number of anilines is 1. The van der Waals surface area contributed by atoms with Crippen LogP contribution >= 0.6 is 31.9 Å². The Kier molecular flexibility index (Phi) is 4.24. The van der Waals surface area contributed by atoms with E-state index in [0.29, 0.717) is 14.6 Å². The van der Waals surface area contributed by atoms with Crippen LogP contribution < -0.4 is 5.32 Å². The zero-order valence-corrected chi connectivity index (χ0v) is 13.3. The van der Waals surface area contributed by atoms with Crippen LogP contribution in [0.25, 0.3) is 0 Å². The Labute approximate surface area is 130 Å². The molecule has 1 amide bonds. The van der Waals surface area contributed by atoms with Crippen LogP contribution in [0, 0.1) is 6.92 Å². The molecule has 0 atom stereocenters. The highest BCUT2D eigenvalue weighted by Gasteiger charge is 2.19.